The molecule has 1 nitrogen and oxygen atoms in total. The van der Waals surface area contributed by atoms with Crippen molar-refractivity contribution in [2.24, 2.45) is 17.3 Å². The van der Waals surface area contributed by atoms with E-state index in [1.807, 2.05) is 0 Å². The maximum Gasteiger partial charge on any atom is 0.313 e. The maximum absolute atomic E-state index is 12.9. The first-order valence-corrected chi connectivity index (χ1v) is 6.09. The van der Waals surface area contributed by atoms with Crippen LogP contribution in [0.25, 0.3) is 0 Å². The monoisotopic (exact) mass is 352 g/mol. The second-order valence-corrected chi connectivity index (χ2v) is 6.49. The molecule has 1 saturated carbocycles. The summed E-state index contributed by atoms with van der Waals surface area (Å²) in [5.74, 6) is -0.918. The van der Waals surface area contributed by atoms with Gasteiger partial charge in [0.1, 0.15) is 0 Å². The van der Waals surface area contributed by atoms with E-state index < -0.39 is 32.2 Å². The summed E-state index contributed by atoms with van der Waals surface area (Å²) in [5.41, 5.74) is -0.454. The van der Waals surface area contributed by atoms with Crippen molar-refractivity contribution in [2.75, 3.05) is 0 Å². The number of hydrogen-bond acceptors (Lipinski definition) is 1. The van der Waals surface area contributed by atoms with Crippen LogP contribution in [0.15, 0.2) is 0 Å². The SMILES string of the molecule is CC1(C)[C@@H](C(=O)Cl)[C@@H]1C(Br)C(F)(F)Br. The molecule has 1 fully saturated rings. The molecule has 14 heavy (non-hydrogen) atoms. The van der Waals surface area contributed by atoms with E-state index in [9.17, 15) is 13.6 Å². The van der Waals surface area contributed by atoms with Crippen molar-refractivity contribution in [1.29, 1.82) is 0 Å². The highest BCUT2D eigenvalue weighted by Gasteiger charge is 2.67. The molecule has 0 spiro atoms. The van der Waals surface area contributed by atoms with Gasteiger partial charge in [-0.05, 0) is 38.9 Å². The van der Waals surface area contributed by atoms with Crippen LogP contribution in [0, 0.1) is 17.3 Å². The van der Waals surface area contributed by atoms with E-state index in [1.54, 1.807) is 13.8 Å². The van der Waals surface area contributed by atoms with Crippen molar-refractivity contribution < 1.29 is 13.6 Å². The Balaban J connectivity index is 2.79. The molecule has 3 atom stereocenters. The molecule has 1 aliphatic rings. The molecule has 1 rings (SSSR count). The minimum absolute atomic E-state index is 0.429. The Hall–Kier alpha value is 0.780. The van der Waals surface area contributed by atoms with Crippen molar-refractivity contribution >= 4 is 48.7 Å². The minimum Gasteiger partial charge on any atom is -0.281 e. The molecule has 0 bridgehead atoms. The standard InChI is InChI=1S/C8H9Br2ClF2O/c1-7(2)3(4(7)6(11)14)5(9)8(10,12)13/h3-5H,1-2H3/t3-,4-,5?/m1/s1. The van der Waals surface area contributed by atoms with Gasteiger partial charge in [-0.25, -0.2) is 0 Å². The van der Waals surface area contributed by atoms with Crippen LogP contribution < -0.4 is 0 Å². The van der Waals surface area contributed by atoms with Crippen molar-refractivity contribution in [2.45, 2.75) is 23.5 Å². The summed E-state index contributed by atoms with van der Waals surface area (Å²) in [5, 5.41) is -0.541. The number of rotatable bonds is 3. The predicted molar refractivity (Wildman–Crippen MR) is 58.2 cm³/mol. The van der Waals surface area contributed by atoms with Crippen LogP contribution in [0.2, 0.25) is 0 Å². The van der Waals surface area contributed by atoms with Gasteiger partial charge in [-0.2, -0.15) is 8.78 Å². The predicted octanol–water partition coefficient (Wildman–Crippen LogP) is 3.78. The molecule has 0 aromatic heterocycles. The molecule has 82 valence electrons. The lowest BCUT2D eigenvalue weighted by molar-refractivity contribution is -0.113. The van der Waals surface area contributed by atoms with E-state index in [0.717, 1.165) is 0 Å². The fraction of sp³-hybridized carbons (Fsp3) is 0.875. The highest BCUT2D eigenvalue weighted by molar-refractivity contribution is 9.12. The average Bonchev–Trinajstić information content (AvgIpc) is 2.49. The van der Waals surface area contributed by atoms with E-state index in [1.165, 1.54) is 0 Å². The largest absolute Gasteiger partial charge is 0.313 e. The smallest absolute Gasteiger partial charge is 0.281 e. The first-order valence-electron chi connectivity index (χ1n) is 4.00. The summed E-state index contributed by atoms with van der Waals surface area (Å²) in [6.07, 6.45) is 0. The van der Waals surface area contributed by atoms with Gasteiger partial charge >= 0.3 is 4.83 Å². The van der Waals surface area contributed by atoms with Crippen LogP contribution in [0.5, 0.6) is 0 Å². The van der Waals surface area contributed by atoms with Crippen LogP contribution in [0.3, 0.4) is 0 Å². The van der Waals surface area contributed by atoms with Gasteiger partial charge in [-0.15, -0.1) is 0 Å². The lowest BCUT2D eigenvalue weighted by Crippen LogP contribution is -2.25. The third-order valence-electron chi connectivity index (χ3n) is 2.78. The topological polar surface area (TPSA) is 17.1 Å². The molecule has 0 heterocycles. The molecule has 0 radical (unpaired) electrons. The van der Waals surface area contributed by atoms with Crippen molar-refractivity contribution in [3.05, 3.63) is 0 Å². The molecule has 0 N–H and O–H groups in total. The Labute approximate surface area is 103 Å². The number of carbonyl (C=O) groups excluding carboxylic acids is 1. The Morgan fingerprint density at radius 3 is 2.21 bits per heavy atom. The van der Waals surface area contributed by atoms with Crippen LogP contribution >= 0.6 is 43.5 Å². The summed E-state index contributed by atoms with van der Waals surface area (Å²) >= 11 is 10.5. The molecular weight excluding hydrogens is 345 g/mol. The van der Waals surface area contributed by atoms with Crippen LogP contribution in [-0.2, 0) is 4.79 Å². The molecule has 0 amide bonds. The highest BCUT2D eigenvalue weighted by Crippen LogP contribution is 2.64. The Morgan fingerprint density at radius 1 is 1.57 bits per heavy atom. The molecule has 0 aliphatic heterocycles. The fourth-order valence-corrected chi connectivity index (χ4v) is 3.55. The van der Waals surface area contributed by atoms with Crippen molar-refractivity contribution in [3.8, 4) is 0 Å². The van der Waals surface area contributed by atoms with Crippen LogP contribution in [0.4, 0.5) is 8.78 Å². The molecule has 0 aromatic carbocycles. The van der Waals surface area contributed by atoms with Crippen molar-refractivity contribution in [3.63, 3.8) is 0 Å². The van der Waals surface area contributed by atoms with Crippen LogP contribution in [-0.4, -0.2) is 14.9 Å². The quantitative estimate of drug-likeness (QED) is 0.557. The van der Waals surface area contributed by atoms with Crippen LogP contribution in [0.1, 0.15) is 13.8 Å². The summed E-state index contributed by atoms with van der Waals surface area (Å²) in [7, 11) is 0. The second-order valence-electron chi connectivity index (χ2n) is 4.07. The number of alkyl halides is 4. The zero-order valence-corrected chi connectivity index (χ0v) is 11.5. The number of carbonyl (C=O) groups is 1. The van der Waals surface area contributed by atoms with Gasteiger partial charge in [-0.1, -0.05) is 29.8 Å². The van der Waals surface area contributed by atoms with E-state index in [2.05, 4.69) is 31.9 Å². The van der Waals surface area contributed by atoms with Gasteiger partial charge in [0.05, 0.1) is 4.83 Å². The lowest BCUT2D eigenvalue weighted by Gasteiger charge is -2.16. The molecule has 0 saturated heterocycles. The fourth-order valence-electron chi connectivity index (χ4n) is 1.86. The molecule has 1 aliphatic carbocycles. The van der Waals surface area contributed by atoms with Gasteiger partial charge in [0.15, 0.2) is 0 Å². The third-order valence-corrected chi connectivity index (χ3v) is 5.27. The Kier molecular flexibility index (Phi) is 3.36. The minimum atomic E-state index is -3.02. The normalized spacial score (nSPS) is 32.5. The highest BCUT2D eigenvalue weighted by atomic mass is 79.9. The summed E-state index contributed by atoms with van der Waals surface area (Å²) in [6, 6.07) is 0. The Morgan fingerprint density at radius 2 is 2.00 bits per heavy atom. The molecule has 6 heteroatoms. The van der Waals surface area contributed by atoms with Gasteiger partial charge in [0.25, 0.3) is 0 Å². The maximum atomic E-state index is 12.9. The van der Waals surface area contributed by atoms with E-state index >= 15 is 0 Å². The van der Waals surface area contributed by atoms with Crippen molar-refractivity contribution in [1.82, 2.24) is 0 Å². The molecular formula is C8H9Br2ClF2O. The summed E-state index contributed by atoms with van der Waals surface area (Å²) in [6.45, 7) is 3.52. The third kappa shape index (κ3) is 2.14. The zero-order valence-electron chi connectivity index (χ0n) is 7.53. The first kappa shape index (κ1) is 12.8. The molecule has 1 unspecified atom stereocenters. The van der Waals surface area contributed by atoms with Gasteiger partial charge in [0.2, 0.25) is 5.24 Å². The lowest BCUT2D eigenvalue weighted by atomic mass is 10.1. The second kappa shape index (κ2) is 3.67. The number of hydrogen-bond donors (Lipinski definition) is 0. The molecule has 0 aromatic rings. The zero-order chi connectivity index (χ0) is 11.3. The average molecular weight is 354 g/mol. The summed E-state index contributed by atoms with van der Waals surface area (Å²) < 4.78 is 25.8. The van der Waals surface area contributed by atoms with Gasteiger partial charge in [-0.3, -0.25) is 4.79 Å². The van der Waals surface area contributed by atoms with Gasteiger partial charge in [0, 0.05) is 5.92 Å². The van der Waals surface area contributed by atoms with Gasteiger partial charge < -0.3 is 0 Å². The van der Waals surface area contributed by atoms with E-state index in [-0.39, 0.29) is 0 Å². The Bertz CT molecular complexity index is 265. The first-order chi connectivity index (χ1) is 6.10. The van der Waals surface area contributed by atoms with E-state index in [0.29, 0.717) is 0 Å². The van der Waals surface area contributed by atoms with E-state index in [4.69, 9.17) is 11.6 Å². The summed E-state index contributed by atoms with van der Waals surface area (Å²) in [4.78, 5) is 6.86. The number of halogens is 5.